The van der Waals surface area contributed by atoms with Gasteiger partial charge in [-0.2, -0.15) is 11.8 Å². The molecule has 0 saturated heterocycles. The van der Waals surface area contributed by atoms with Crippen LogP contribution in [-0.2, 0) is 9.53 Å². The Kier molecular flexibility index (Phi) is 5.97. The first-order valence-electron chi connectivity index (χ1n) is 6.58. The molecule has 6 heteroatoms. The smallest absolute Gasteiger partial charge is 0.408 e. The van der Waals surface area contributed by atoms with E-state index in [1.165, 1.54) is 19.3 Å². The molecule has 0 radical (unpaired) electrons. The highest BCUT2D eigenvalue weighted by Crippen LogP contribution is 2.29. The number of ether oxygens (including phenoxy) is 1. The van der Waals surface area contributed by atoms with Gasteiger partial charge in [-0.15, -0.1) is 0 Å². The first kappa shape index (κ1) is 16.1. The van der Waals surface area contributed by atoms with Gasteiger partial charge in [0.05, 0.1) is 0 Å². The second-order valence-corrected chi connectivity index (χ2v) is 6.95. The van der Waals surface area contributed by atoms with Gasteiger partial charge in [0.15, 0.2) is 0 Å². The van der Waals surface area contributed by atoms with E-state index in [4.69, 9.17) is 9.84 Å². The van der Waals surface area contributed by atoms with Crippen molar-refractivity contribution in [3.8, 4) is 0 Å². The minimum atomic E-state index is -1.02. The molecule has 1 fully saturated rings. The van der Waals surface area contributed by atoms with Crippen LogP contribution in [0.1, 0.15) is 40.0 Å². The molecule has 1 aliphatic rings. The molecular formula is C13H23NO4S. The van der Waals surface area contributed by atoms with Crippen LogP contribution in [0.25, 0.3) is 0 Å². The molecule has 110 valence electrons. The van der Waals surface area contributed by atoms with Crippen LogP contribution < -0.4 is 5.32 Å². The maximum absolute atomic E-state index is 11.5. The minimum Gasteiger partial charge on any atom is -0.480 e. The monoisotopic (exact) mass is 289 g/mol. The summed E-state index contributed by atoms with van der Waals surface area (Å²) in [6.45, 7) is 5.23. The molecule has 0 heterocycles. The predicted octanol–water partition coefficient (Wildman–Crippen LogP) is 2.50. The van der Waals surface area contributed by atoms with Crippen LogP contribution in [0.4, 0.5) is 4.79 Å². The molecule has 0 aliphatic heterocycles. The summed E-state index contributed by atoms with van der Waals surface area (Å²) < 4.78 is 5.06. The predicted molar refractivity (Wildman–Crippen MR) is 75.5 cm³/mol. The third kappa shape index (κ3) is 6.71. The molecule has 1 saturated carbocycles. The molecule has 2 N–H and O–H groups in total. The lowest BCUT2D eigenvalue weighted by atomic mass is 9.87. The van der Waals surface area contributed by atoms with Crippen molar-refractivity contribution < 1.29 is 19.4 Å². The van der Waals surface area contributed by atoms with E-state index in [1.54, 1.807) is 32.5 Å². The largest absolute Gasteiger partial charge is 0.480 e. The zero-order chi connectivity index (χ0) is 14.5. The van der Waals surface area contributed by atoms with Gasteiger partial charge in [0.25, 0.3) is 0 Å². The standard InChI is InChI=1S/C13H23NO4S/c1-13(2,3)18-12(17)14-10(11(15)16)8-19-7-9-5-4-6-9/h9-10H,4-8H2,1-3H3,(H,14,17)(H,15,16). The topological polar surface area (TPSA) is 75.6 Å². The molecule has 0 aromatic carbocycles. The van der Waals surface area contributed by atoms with Crippen molar-refractivity contribution in [1.29, 1.82) is 0 Å². The molecule has 1 unspecified atom stereocenters. The summed E-state index contributed by atoms with van der Waals surface area (Å²) in [5.41, 5.74) is -0.619. The number of carboxylic acids is 1. The van der Waals surface area contributed by atoms with E-state index in [9.17, 15) is 9.59 Å². The summed E-state index contributed by atoms with van der Waals surface area (Å²) in [7, 11) is 0. The van der Waals surface area contributed by atoms with E-state index < -0.39 is 23.7 Å². The number of thioether (sulfide) groups is 1. The Morgan fingerprint density at radius 1 is 1.42 bits per heavy atom. The number of amides is 1. The van der Waals surface area contributed by atoms with Gasteiger partial charge in [0.2, 0.25) is 0 Å². The Labute approximate surface area is 118 Å². The van der Waals surface area contributed by atoms with E-state index in [1.807, 2.05) is 0 Å². The lowest BCUT2D eigenvalue weighted by Gasteiger charge is -2.25. The van der Waals surface area contributed by atoms with E-state index in [0.717, 1.165) is 11.7 Å². The van der Waals surface area contributed by atoms with Crippen molar-refractivity contribution in [2.24, 2.45) is 5.92 Å². The Hall–Kier alpha value is -0.910. The van der Waals surface area contributed by atoms with Crippen molar-refractivity contribution in [2.75, 3.05) is 11.5 Å². The van der Waals surface area contributed by atoms with Crippen LogP contribution in [0.3, 0.4) is 0 Å². The van der Waals surface area contributed by atoms with Gasteiger partial charge in [-0.1, -0.05) is 6.42 Å². The van der Waals surface area contributed by atoms with E-state index in [-0.39, 0.29) is 0 Å². The highest BCUT2D eigenvalue weighted by molar-refractivity contribution is 7.99. The van der Waals surface area contributed by atoms with Crippen LogP contribution in [0.5, 0.6) is 0 Å². The van der Waals surface area contributed by atoms with Gasteiger partial charge in [-0.25, -0.2) is 9.59 Å². The molecule has 1 atom stereocenters. The number of aliphatic carboxylic acids is 1. The van der Waals surface area contributed by atoms with Crippen LogP contribution >= 0.6 is 11.8 Å². The average molecular weight is 289 g/mol. The lowest BCUT2D eigenvalue weighted by Crippen LogP contribution is -2.45. The lowest BCUT2D eigenvalue weighted by molar-refractivity contribution is -0.138. The van der Waals surface area contributed by atoms with Crippen LogP contribution in [-0.4, -0.2) is 40.3 Å². The Balaban J connectivity index is 2.30. The second kappa shape index (κ2) is 7.03. The summed E-state index contributed by atoms with van der Waals surface area (Å²) >= 11 is 1.58. The molecule has 5 nitrogen and oxygen atoms in total. The zero-order valence-corrected chi connectivity index (χ0v) is 12.6. The van der Waals surface area contributed by atoms with Gasteiger partial charge in [-0.3, -0.25) is 0 Å². The second-order valence-electron chi connectivity index (χ2n) is 5.87. The quantitative estimate of drug-likeness (QED) is 0.785. The molecular weight excluding hydrogens is 266 g/mol. The molecule has 19 heavy (non-hydrogen) atoms. The minimum absolute atomic E-state index is 0.380. The molecule has 1 aliphatic carbocycles. The van der Waals surface area contributed by atoms with Crippen molar-refractivity contribution in [3.05, 3.63) is 0 Å². The van der Waals surface area contributed by atoms with Gasteiger partial charge in [0.1, 0.15) is 11.6 Å². The molecule has 0 spiro atoms. The van der Waals surface area contributed by atoms with Gasteiger partial charge in [0, 0.05) is 5.75 Å². The van der Waals surface area contributed by atoms with Crippen molar-refractivity contribution >= 4 is 23.8 Å². The van der Waals surface area contributed by atoms with Gasteiger partial charge >= 0.3 is 12.1 Å². The summed E-state index contributed by atoms with van der Waals surface area (Å²) in [6, 6.07) is -0.889. The highest BCUT2D eigenvalue weighted by Gasteiger charge is 2.25. The fourth-order valence-electron chi connectivity index (χ4n) is 1.64. The first-order valence-corrected chi connectivity index (χ1v) is 7.73. The van der Waals surface area contributed by atoms with E-state index in [2.05, 4.69) is 5.32 Å². The summed E-state index contributed by atoms with van der Waals surface area (Å²) in [5, 5.41) is 11.5. The zero-order valence-electron chi connectivity index (χ0n) is 11.8. The average Bonchev–Trinajstić information content (AvgIpc) is 2.16. The number of hydrogen-bond donors (Lipinski definition) is 2. The number of alkyl carbamates (subject to hydrolysis) is 1. The number of nitrogens with one attached hydrogen (secondary N) is 1. The number of carbonyl (C=O) groups is 2. The Bertz CT molecular complexity index is 323. The van der Waals surface area contributed by atoms with Crippen LogP contribution in [0.15, 0.2) is 0 Å². The molecule has 1 amide bonds. The SMILES string of the molecule is CC(C)(C)OC(=O)NC(CSCC1CCC1)C(=O)O. The molecule has 0 aromatic heterocycles. The summed E-state index contributed by atoms with van der Waals surface area (Å²) in [5.74, 6) is 1.05. The third-order valence-electron chi connectivity index (χ3n) is 2.85. The third-order valence-corrected chi connectivity index (χ3v) is 4.13. The molecule has 0 aromatic rings. The van der Waals surface area contributed by atoms with E-state index >= 15 is 0 Å². The number of carboxylic acid groups (broad SMARTS) is 1. The number of rotatable bonds is 6. The van der Waals surface area contributed by atoms with Gasteiger partial charge in [-0.05, 0) is 45.3 Å². The first-order chi connectivity index (χ1) is 8.78. The fourth-order valence-corrected chi connectivity index (χ4v) is 2.90. The van der Waals surface area contributed by atoms with Crippen molar-refractivity contribution in [2.45, 2.75) is 51.7 Å². The molecule has 0 bridgehead atoms. The summed E-state index contributed by atoms with van der Waals surface area (Å²) in [6.07, 6.45) is 3.09. The van der Waals surface area contributed by atoms with Crippen LogP contribution in [0.2, 0.25) is 0 Å². The van der Waals surface area contributed by atoms with E-state index in [0.29, 0.717) is 5.75 Å². The normalized spacial score (nSPS) is 17.4. The Morgan fingerprint density at radius 2 is 2.05 bits per heavy atom. The Morgan fingerprint density at radius 3 is 2.47 bits per heavy atom. The number of hydrogen-bond acceptors (Lipinski definition) is 4. The van der Waals surface area contributed by atoms with Crippen LogP contribution in [0, 0.1) is 5.92 Å². The fraction of sp³-hybridized carbons (Fsp3) is 0.846. The maximum Gasteiger partial charge on any atom is 0.408 e. The maximum atomic E-state index is 11.5. The molecule has 1 rings (SSSR count). The van der Waals surface area contributed by atoms with Gasteiger partial charge < -0.3 is 15.2 Å². The van der Waals surface area contributed by atoms with Crippen molar-refractivity contribution in [3.63, 3.8) is 0 Å². The highest BCUT2D eigenvalue weighted by atomic mass is 32.2. The van der Waals surface area contributed by atoms with Crippen molar-refractivity contribution in [1.82, 2.24) is 5.32 Å². The summed E-state index contributed by atoms with van der Waals surface area (Å²) in [4.78, 5) is 22.6. The number of carbonyl (C=O) groups excluding carboxylic acids is 1.